The molecule has 0 radical (unpaired) electrons. The van der Waals surface area contributed by atoms with Crippen LogP contribution in [0.4, 0.5) is 51.2 Å². The Morgan fingerprint density at radius 1 is 0.356 bits per heavy atom. The first-order valence-electron chi connectivity index (χ1n) is 19.2. The van der Waals surface area contributed by atoms with E-state index in [1.165, 1.54) is 6.92 Å². The van der Waals surface area contributed by atoms with E-state index in [1.807, 2.05) is 133 Å². The predicted octanol–water partition coefficient (Wildman–Crippen LogP) is 14.4. The van der Waals surface area contributed by atoms with Gasteiger partial charge in [0.15, 0.2) is 0 Å². The zero-order valence-corrected chi connectivity index (χ0v) is 34.6. The maximum atomic E-state index is 12.3. The molecular weight excluding hydrogens is 793 g/mol. The van der Waals surface area contributed by atoms with Gasteiger partial charge in [-0.05, 0) is 121 Å². The van der Waals surface area contributed by atoms with Crippen molar-refractivity contribution in [1.29, 1.82) is 0 Å². The summed E-state index contributed by atoms with van der Waals surface area (Å²) in [5.74, 6) is -0.0573. The summed E-state index contributed by atoms with van der Waals surface area (Å²) in [5.41, 5.74) is 9.19. The van der Waals surface area contributed by atoms with Crippen LogP contribution in [0.15, 0.2) is 235 Å². The number of nitrogens with one attached hydrogen (secondary N) is 1. The first-order valence-corrected chi connectivity index (χ1v) is 20.0. The van der Waals surface area contributed by atoms with Gasteiger partial charge in [0.25, 0.3) is 0 Å². The Morgan fingerprint density at radius 2 is 0.610 bits per heavy atom. The van der Waals surface area contributed by atoms with Crippen molar-refractivity contribution in [3.05, 3.63) is 235 Å². The fraction of sp³-hybridized carbons (Fsp3) is 0.0385. The normalized spacial score (nSPS) is 10.1. The number of carbonyl (C=O) groups excluding carboxylic acids is 2. The van der Waals surface area contributed by atoms with E-state index in [0.717, 1.165) is 55.7 Å². The number of hydrogen-bond donors (Lipinski definition) is 1. The Bertz CT molecular complexity index is 2380. The topological polar surface area (TPSA) is 55.9 Å². The van der Waals surface area contributed by atoms with Crippen LogP contribution >= 0.6 is 15.9 Å². The maximum absolute atomic E-state index is 12.3. The number of rotatable bonds is 9. The van der Waals surface area contributed by atoms with E-state index in [-0.39, 0.29) is 11.8 Å². The van der Waals surface area contributed by atoms with Gasteiger partial charge in [0.1, 0.15) is 0 Å². The Kier molecular flexibility index (Phi) is 15.0. The van der Waals surface area contributed by atoms with Crippen LogP contribution in [-0.4, -0.2) is 11.8 Å². The van der Waals surface area contributed by atoms with Crippen LogP contribution in [0.2, 0.25) is 0 Å². The third kappa shape index (κ3) is 11.9. The summed E-state index contributed by atoms with van der Waals surface area (Å²) in [6, 6.07) is 76.8. The van der Waals surface area contributed by atoms with Crippen LogP contribution in [0.1, 0.15) is 13.8 Å². The van der Waals surface area contributed by atoms with E-state index in [2.05, 4.69) is 128 Å². The third-order valence-electron chi connectivity index (χ3n) is 8.93. The molecule has 0 aromatic heterocycles. The van der Waals surface area contributed by atoms with Crippen LogP contribution in [0.3, 0.4) is 0 Å². The van der Waals surface area contributed by atoms with Crippen molar-refractivity contribution in [1.82, 2.24) is 0 Å². The number of hydrogen-bond acceptors (Lipinski definition) is 4. The van der Waals surface area contributed by atoms with Gasteiger partial charge in [0.05, 0.1) is 0 Å². The molecule has 0 bridgehead atoms. The first kappa shape index (κ1) is 41.4. The van der Waals surface area contributed by atoms with Crippen LogP contribution in [0.25, 0.3) is 0 Å². The van der Waals surface area contributed by atoms with E-state index < -0.39 is 0 Å². The van der Waals surface area contributed by atoms with Crippen molar-refractivity contribution in [2.75, 3.05) is 20.0 Å². The van der Waals surface area contributed by atoms with Crippen LogP contribution in [0, 0.1) is 0 Å². The highest BCUT2D eigenvalue weighted by Gasteiger charge is 2.16. The minimum absolute atomic E-state index is 0.0214. The summed E-state index contributed by atoms with van der Waals surface area (Å²) >= 11 is 3.49. The molecule has 292 valence electrons. The van der Waals surface area contributed by atoms with Gasteiger partial charge in [-0.2, -0.15) is 0 Å². The molecule has 0 aliphatic heterocycles. The molecule has 0 saturated heterocycles. The molecule has 7 heteroatoms. The third-order valence-corrected chi connectivity index (χ3v) is 9.46. The Balaban J connectivity index is 0.000000168. The molecule has 8 rings (SSSR count). The molecule has 0 aliphatic carbocycles. The van der Waals surface area contributed by atoms with E-state index >= 15 is 0 Å². The van der Waals surface area contributed by atoms with Crippen molar-refractivity contribution in [3.8, 4) is 0 Å². The quantitative estimate of drug-likeness (QED) is 0.157. The molecular formula is C52H45BrN4O2. The number of halogens is 1. The molecule has 0 atom stereocenters. The summed E-state index contributed by atoms with van der Waals surface area (Å²) in [6.07, 6.45) is 0. The van der Waals surface area contributed by atoms with Crippen molar-refractivity contribution in [2.45, 2.75) is 13.8 Å². The van der Waals surface area contributed by atoms with Crippen LogP contribution in [0.5, 0.6) is 0 Å². The summed E-state index contributed by atoms with van der Waals surface area (Å²) in [5, 5.41) is 2.67. The molecule has 0 aliphatic rings. The highest BCUT2D eigenvalue weighted by atomic mass is 79.9. The largest absolute Gasteiger partial charge is 0.326 e. The Hall–Kier alpha value is -7.22. The molecule has 6 nitrogen and oxygen atoms in total. The lowest BCUT2D eigenvalue weighted by molar-refractivity contribution is -0.116. The van der Waals surface area contributed by atoms with Gasteiger partial charge >= 0.3 is 0 Å². The summed E-state index contributed by atoms with van der Waals surface area (Å²) < 4.78 is 1.09. The van der Waals surface area contributed by atoms with Gasteiger partial charge in [-0.25, -0.2) is 0 Å². The second-order valence-corrected chi connectivity index (χ2v) is 14.2. The van der Waals surface area contributed by atoms with E-state index in [1.54, 1.807) is 11.8 Å². The molecule has 59 heavy (non-hydrogen) atoms. The number of carbonyl (C=O) groups is 2. The second-order valence-electron chi connectivity index (χ2n) is 13.2. The minimum atomic E-state index is -0.0359. The lowest BCUT2D eigenvalue weighted by Crippen LogP contribution is -2.22. The van der Waals surface area contributed by atoms with Gasteiger partial charge in [0, 0.05) is 69.5 Å². The van der Waals surface area contributed by atoms with Crippen molar-refractivity contribution < 1.29 is 9.59 Å². The lowest BCUT2D eigenvalue weighted by atomic mass is 10.1. The number of amides is 2. The number of anilines is 9. The Labute approximate surface area is 355 Å². The second kappa shape index (κ2) is 21.3. The van der Waals surface area contributed by atoms with Gasteiger partial charge < -0.3 is 15.1 Å². The zero-order chi connectivity index (χ0) is 41.2. The number of benzene rings is 8. The van der Waals surface area contributed by atoms with Crippen LogP contribution in [-0.2, 0) is 9.59 Å². The molecule has 0 fully saturated rings. The van der Waals surface area contributed by atoms with Crippen molar-refractivity contribution >= 4 is 78.9 Å². The molecule has 1 N–H and O–H groups in total. The standard InChI is InChI=1S/C26H22N2O.C18H14BrN.C8H9NO/c1-21(29)27(22-11-5-2-6-12-22)25-17-19-26(20-18-25)28(23-13-7-3-8-14-23)24-15-9-4-10-16-24;19-15-11-13-18(14-12-15)20(16-7-3-1-4-8-16)17-9-5-2-6-10-17;1-7(10)9-8-5-3-2-4-6-8/h2-20H,1H3;1-14H;2-6H,1H3,(H,9,10). The van der Waals surface area contributed by atoms with E-state index in [4.69, 9.17) is 0 Å². The average molecular weight is 838 g/mol. The molecule has 0 unspecified atom stereocenters. The van der Waals surface area contributed by atoms with Crippen LogP contribution < -0.4 is 20.0 Å². The van der Waals surface area contributed by atoms with Crippen molar-refractivity contribution in [2.24, 2.45) is 0 Å². The van der Waals surface area contributed by atoms with E-state index in [9.17, 15) is 9.59 Å². The summed E-state index contributed by atoms with van der Waals surface area (Å²) in [7, 11) is 0. The van der Waals surface area contributed by atoms with Gasteiger partial charge in [-0.15, -0.1) is 0 Å². The highest BCUT2D eigenvalue weighted by molar-refractivity contribution is 9.10. The zero-order valence-electron chi connectivity index (χ0n) is 33.0. The van der Waals surface area contributed by atoms with Gasteiger partial charge in [0.2, 0.25) is 11.8 Å². The maximum Gasteiger partial charge on any atom is 0.228 e. The summed E-state index contributed by atoms with van der Waals surface area (Å²) in [4.78, 5) is 29.0. The summed E-state index contributed by atoms with van der Waals surface area (Å²) in [6.45, 7) is 3.08. The number of nitrogens with zero attached hydrogens (tertiary/aromatic N) is 3. The molecule has 0 heterocycles. The minimum Gasteiger partial charge on any atom is -0.326 e. The fourth-order valence-electron chi connectivity index (χ4n) is 6.36. The molecule has 2 amide bonds. The first-order chi connectivity index (χ1) is 28.9. The van der Waals surface area contributed by atoms with Crippen molar-refractivity contribution in [3.63, 3.8) is 0 Å². The smallest absolute Gasteiger partial charge is 0.228 e. The number of para-hydroxylation sites is 6. The Morgan fingerprint density at radius 3 is 0.932 bits per heavy atom. The molecule has 8 aromatic carbocycles. The average Bonchev–Trinajstić information content (AvgIpc) is 3.28. The molecule has 8 aromatic rings. The monoisotopic (exact) mass is 836 g/mol. The predicted molar refractivity (Wildman–Crippen MR) is 250 cm³/mol. The van der Waals surface area contributed by atoms with E-state index in [0.29, 0.717) is 0 Å². The van der Waals surface area contributed by atoms with Gasteiger partial charge in [-0.3, -0.25) is 14.5 Å². The van der Waals surface area contributed by atoms with Gasteiger partial charge in [-0.1, -0.05) is 125 Å². The highest BCUT2D eigenvalue weighted by Crippen LogP contribution is 2.37. The SMILES string of the molecule is Brc1ccc(N(c2ccccc2)c2ccccc2)cc1.CC(=O)N(c1ccccc1)c1ccc(N(c2ccccc2)c2ccccc2)cc1.CC(=O)Nc1ccccc1. The lowest BCUT2D eigenvalue weighted by Gasteiger charge is -2.27. The molecule has 0 spiro atoms. The molecule has 0 saturated carbocycles. The fourth-order valence-corrected chi connectivity index (χ4v) is 6.62.